The zero-order valence-corrected chi connectivity index (χ0v) is 18.3. The number of aromatic nitrogens is 2. The lowest BCUT2D eigenvalue weighted by molar-refractivity contribution is -0.143. The Morgan fingerprint density at radius 3 is 2.72 bits per heavy atom. The first-order chi connectivity index (χ1) is 15.6. The molecule has 0 spiro atoms. The van der Waals surface area contributed by atoms with Crippen LogP contribution in [0, 0.1) is 11.8 Å². The van der Waals surface area contributed by atoms with Crippen molar-refractivity contribution in [1.82, 2.24) is 14.9 Å². The maximum absolute atomic E-state index is 13.5. The number of nitrogens with one attached hydrogen (secondary N) is 2. The van der Waals surface area contributed by atoms with Crippen LogP contribution in [0.4, 0.5) is 5.69 Å². The maximum Gasteiger partial charge on any atom is 0.228 e. The number of fused-ring (bicyclic) bond motifs is 3. The molecule has 1 aliphatic carbocycles. The molecule has 32 heavy (non-hydrogen) atoms. The minimum atomic E-state index is -0.317. The molecule has 2 N–H and O–H groups in total. The Kier molecular flexibility index (Phi) is 5.55. The number of carbonyl (C=O) groups excluding carboxylic acids is 2. The predicted molar refractivity (Wildman–Crippen MR) is 122 cm³/mol. The summed E-state index contributed by atoms with van der Waals surface area (Å²) in [6, 6.07) is 11.8. The van der Waals surface area contributed by atoms with Crippen molar-refractivity contribution in [1.29, 1.82) is 0 Å². The number of nitrogens with zero attached hydrogens (tertiary/aromatic N) is 2. The fraction of sp³-hybridized carbons (Fsp3) is 0.400. The molecule has 1 aliphatic heterocycles. The summed E-state index contributed by atoms with van der Waals surface area (Å²) >= 11 is 0. The van der Waals surface area contributed by atoms with Gasteiger partial charge in [-0.15, -0.1) is 0 Å². The summed E-state index contributed by atoms with van der Waals surface area (Å²) in [6.07, 6.45) is 5.86. The molecule has 2 amide bonds. The van der Waals surface area contributed by atoms with E-state index in [1.807, 2.05) is 11.0 Å². The van der Waals surface area contributed by atoms with Crippen molar-refractivity contribution < 1.29 is 14.3 Å². The van der Waals surface area contributed by atoms with E-state index in [0.717, 1.165) is 43.3 Å². The minimum absolute atomic E-state index is 0.0988. The first-order valence-corrected chi connectivity index (χ1v) is 11.3. The van der Waals surface area contributed by atoms with Crippen LogP contribution in [0.5, 0.6) is 5.88 Å². The number of anilines is 1. The molecule has 0 bridgehead atoms. The van der Waals surface area contributed by atoms with Crippen LogP contribution in [0.3, 0.4) is 0 Å². The van der Waals surface area contributed by atoms with E-state index in [2.05, 4.69) is 33.5 Å². The molecule has 5 rings (SSSR count). The summed E-state index contributed by atoms with van der Waals surface area (Å²) in [4.78, 5) is 36.2. The number of hydrogen-bond donors (Lipinski definition) is 2. The number of pyridine rings is 1. The van der Waals surface area contributed by atoms with E-state index in [4.69, 9.17) is 4.74 Å². The van der Waals surface area contributed by atoms with Crippen molar-refractivity contribution >= 4 is 28.4 Å². The van der Waals surface area contributed by atoms with Crippen LogP contribution in [0.1, 0.15) is 36.9 Å². The fourth-order valence-corrected chi connectivity index (χ4v) is 5.17. The van der Waals surface area contributed by atoms with Gasteiger partial charge in [0.1, 0.15) is 0 Å². The number of aromatic amines is 1. The van der Waals surface area contributed by atoms with Crippen LogP contribution in [0.15, 0.2) is 42.6 Å². The van der Waals surface area contributed by atoms with E-state index in [1.165, 1.54) is 10.9 Å². The first kappa shape index (κ1) is 20.5. The normalized spacial score (nSPS) is 20.6. The van der Waals surface area contributed by atoms with E-state index >= 15 is 0 Å². The highest BCUT2D eigenvalue weighted by Gasteiger charge is 2.39. The van der Waals surface area contributed by atoms with Gasteiger partial charge in [0.15, 0.2) is 0 Å². The lowest BCUT2D eigenvalue weighted by Crippen LogP contribution is -2.45. The lowest BCUT2D eigenvalue weighted by atomic mass is 9.77. The summed E-state index contributed by atoms with van der Waals surface area (Å²) < 4.78 is 5.07. The third-order valence-corrected chi connectivity index (χ3v) is 6.83. The summed E-state index contributed by atoms with van der Waals surface area (Å²) in [7, 11) is 1.55. The highest BCUT2D eigenvalue weighted by molar-refractivity contribution is 5.96. The quantitative estimate of drug-likeness (QED) is 0.655. The first-order valence-electron chi connectivity index (χ1n) is 11.3. The molecule has 0 saturated heterocycles. The number of para-hydroxylation sites is 1. The van der Waals surface area contributed by atoms with Crippen molar-refractivity contribution in [3.8, 4) is 5.88 Å². The molecular formula is C25H28N4O3. The Hall–Kier alpha value is -3.35. The van der Waals surface area contributed by atoms with E-state index in [-0.39, 0.29) is 23.7 Å². The van der Waals surface area contributed by atoms with Crippen LogP contribution in [-0.2, 0) is 22.6 Å². The number of amides is 2. The van der Waals surface area contributed by atoms with Crippen molar-refractivity contribution in [2.45, 2.75) is 38.6 Å². The largest absolute Gasteiger partial charge is 0.481 e. The molecule has 0 radical (unpaired) electrons. The standard InChI is InChI=1S/C25H28N4O3/c1-32-23-11-10-16(14-26-23)27-24(30)19-7-2-3-8-20(19)25(31)29-13-12-18-17-6-4-5-9-21(17)28-22(18)15-29/h4-6,9-11,14,19-20,28H,2-3,7-8,12-13,15H2,1H3,(H,27,30). The van der Waals surface area contributed by atoms with Crippen molar-refractivity contribution in [3.63, 3.8) is 0 Å². The number of H-pyrrole nitrogens is 1. The Bertz CT molecular complexity index is 1140. The van der Waals surface area contributed by atoms with Crippen LogP contribution in [0.2, 0.25) is 0 Å². The van der Waals surface area contributed by atoms with Crippen LogP contribution in [-0.4, -0.2) is 40.3 Å². The molecule has 1 aromatic carbocycles. The molecule has 2 aliphatic rings. The van der Waals surface area contributed by atoms with E-state index in [9.17, 15) is 9.59 Å². The summed E-state index contributed by atoms with van der Waals surface area (Å²) in [5, 5.41) is 4.20. The SMILES string of the molecule is COc1ccc(NC(=O)C2CCCCC2C(=O)N2CCc3c([nH]c4ccccc34)C2)cn1. The van der Waals surface area contributed by atoms with Crippen LogP contribution in [0.25, 0.3) is 10.9 Å². The molecule has 1 fully saturated rings. The predicted octanol–water partition coefficient (Wildman–Crippen LogP) is 3.90. The van der Waals surface area contributed by atoms with Crippen molar-refractivity contribution in [2.24, 2.45) is 11.8 Å². The maximum atomic E-state index is 13.5. The highest BCUT2D eigenvalue weighted by atomic mass is 16.5. The van der Waals surface area contributed by atoms with Gasteiger partial charge in [-0.25, -0.2) is 4.98 Å². The average molecular weight is 433 g/mol. The number of methoxy groups -OCH3 is 1. The third-order valence-electron chi connectivity index (χ3n) is 6.83. The van der Waals surface area contributed by atoms with Crippen molar-refractivity contribution in [2.75, 3.05) is 19.0 Å². The Morgan fingerprint density at radius 2 is 1.94 bits per heavy atom. The molecule has 3 heterocycles. The molecule has 3 aromatic rings. The monoisotopic (exact) mass is 432 g/mol. The Balaban J connectivity index is 1.30. The van der Waals surface area contributed by atoms with Gasteiger partial charge in [-0.1, -0.05) is 31.0 Å². The number of benzene rings is 1. The number of ether oxygens (including phenoxy) is 1. The van der Waals surface area contributed by atoms with Gasteiger partial charge in [-0.2, -0.15) is 0 Å². The van der Waals surface area contributed by atoms with E-state index in [0.29, 0.717) is 24.7 Å². The Labute approximate surface area is 187 Å². The molecule has 2 atom stereocenters. The molecular weight excluding hydrogens is 404 g/mol. The van der Waals surface area contributed by atoms with Gasteiger partial charge in [-0.05, 0) is 37.0 Å². The summed E-state index contributed by atoms with van der Waals surface area (Å²) in [6.45, 7) is 1.27. The topological polar surface area (TPSA) is 87.3 Å². The van der Waals surface area contributed by atoms with Crippen molar-refractivity contribution in [3.05, 3.63) is 53.9 Å². The highest BCUT2D eigenvalue weighted by Crippen LogP contribution is 2.35. The van der Waals surface area contributed by atoms with Gasteiger partial charge in [0, 0.05) is 41.0 Å². The van der Waals surface area contributed by atoms with Gasteiger partial charge < -0.3 is 19.9 Å². The number of hydrogen-bond acceptors (Lipinski definition) is 4. The molecule has 7 nitrogen and oxygen atoms in total. The molecule has 2 aromatic heterocycles. The fourth-order valence-electron chi connectivity index (χ4n) is 5.17. The van der Waals surface area contributed by atoms with Gasteiger partial charge in [0.05, 0.1) is 25.5 Å². The summed E-state index contributed by atoms with van der Waals surface area (Å²) in [5.41, 5.74) is 4.17. The van der Waals surface area contributed by atoms with E-state index < -0.39 is 0 Å². The van der Waals surface area contributed by atoms with E-state index in [1.54, 1.807) is 25.4 Å². The summed E-state index contributed by atoms with van der Waals surface area (Å²) in [5.74, 6) is -0.0983. The second-order valence-corrected chi connectivity index (χ2v) is 8.71. The Morgan fingerprint density at radius 1 is 1.12 bits per heavy atom. The molecule has 1 saturated carbocycles. The average Bonchev–Trinajstić information content (AvgIpc) is 3.22. The third kappa shape index (κ3) is 3.83. The zero-order valence-electron chi connectivity index (χ0n) is 18.3. The number of carbonyl (C=O) groups is 2. The second kappa shape index (κ2) is 8.65. The smallest absolute Gasteiger partial charge is 0.228 e. The van der Waals surface area contributed by atoms with Gasteiger partial charge in [-0.3, -0.25) is 9.59 Å². The van der Waals surface area contributed by atoms with Gasteiger partial charge in [0.25, 0.3) is 0 Å². The van der Waals surface area contributed by atoms with Gasteiger partial charge >= 0.3 is 0 Å². The molecule has 7 heteroatoms. The van der Waals surface area contributed by atoms with Crippen LogP contribution >= 0.6 is 0 Å². The minimum Gasteiger partial charge on any atom is -0.481 e. The lowest BCUT2D eigenvalue weighted by Gasteiger charge is -2.35. The zero-order chi connectivity index (χ0) is 22.1. The molecule has 166 valence electrons. The van der Waals surface area contributed by atoms with Gasteiger partial charge in [0.2, 0.25) is 17.7 Å². The second-order valence-electron chi connectivity index (χ2n) is 8.71. The number of rotatable bonds is 4. The van der Waals surface area contributed by atoms with Crippen LogP contribution < -0.4 is 10.1 Å². The molecule has 2 unspecified atom stereocenters.